The van der Waals surface area contributed by atoms with E-state index in [4.69, 9.17) is 0 Å². The normalized spacial score (nSPS) is 16.6. The van der Waals surface area contributed by atoms with E-state index in [1.54, 1.807) is 0 Å². The lowest BCUT2D eigenvalue weighted by Gasteiger charge is -2.07. The first kappa shape index (κ1) is 10.1. The summed E-state index contributed by atoms with van der Waals surface area (Å²) in [7, 11) is -1.99. The monoisotopic (exact) mass is 248 g/mol. The van der Waals surface area contributed by atoms with Crippen LogP contribution in [0.25, 0.3) is 21.9 Å². The summed E-state index contributed by atoms with van der Waals surface area (Å²) in [6, 6.07) is 20.9. The summed E-state index contributed by atoms with van der Waals surface area (Å²) in [5.74, 6) is 0. The van der Waals surface area contributed by atoms with Crippen LogP contribution in [-0.4, -0.2) is 13.8 Å². The van der Waals surface area contributed by atoms with E-state index in [0.29, 0.717) is 0 Å². The van der Waals surface area contributed by atoms with Crippen molar-refractivity contribution in [3.8, 4) is 11.1 Å². The molecule has 18 heavy (non-hydrogen) atoms. The molecule has 0 saturated heterocycles. The number of hydrogen-bond acceptors (Lipinski definition) is 1. The fourth-order valence-electron chi connectivity index (χ4n) is 2.96. The van der Waals surface area contributed by atoms with E-state index in [9.17, 15) is 4.80 Å². The third-order valence-electron chi connectivity index (χ3n) is 3.79. The predicted octanol–water partition coefficient (Wildman–Crippen LogP) is 1.65. The molecule has 1 heterocycles. The van der Waals surface area contributed by atoms with E-state index >= 15 is 0 Å². The van der Waals surface area contributed by atoms with Crippen LogP contribution in [0.15, 0.2) is 60.7 Å². The van der Waals surface area contributed by atoms with Crippen LogP contribution in [0.2, 0.25) is 0 Å². The van der Waals surface area contributed by atoms with Crippen molar-refractivity contribution in [1.29, 1.82) is 0 Å². The van der Waals surface area contributed by atoms with E-state index in [2.05, 4.69) is 36.4 Å². The van der Waals surface area contributed by atoms with Crippen LogP contribution in [-0.2, 0) is 0 Å². The molecule has 4 rings (SSSR count). The molecule has 3 aromatic rings. The van der Waals surface area contributed by atoms with Crippen molar-refractivity contribution in [3.63, 3.8) is 0 Å². The van der Waals surface area contributed by atoms with E-state index in [1.807, 2.05) is 24.3 Å². The summed E-state index contributed by atoms with van der Waals surface area (Å²) in [5, 5.41) is 4.78. The van der Waals surface area contributed by atoms with Gasteiger partial charge in [0.1, 0.15) is 0 Å². The van der Waals surface area contributed by atoms with Gasteiger partial charge < -0.3 is 4.80 Å². The van der Waals surface area contributed by atoms with Crippen LogP contribution < -0.4 is 10.4 Å². The Morgan fingerprint density at radius 2 is 1.50 bits per heavy atom. The predicted molar refractivity (Wildman–Crippen MR) is 78.0 cm³/mol. The molecule has 0 amide bonds. The van der Waals surface area contributed by atoms with Gasteiger partial charge in [-0.3, -0.25) is 0 Å². The van der Waals surface area contributed by atoms with Crippen LogP contribution in [0.4, 0.5) is 0 Å². The first-order valence-corrected chi connectivity index (χ1v) is 7.82. The molecule has 0 fully saturated rings. The Balaban J connectivity index is 2.15. The second-order valence-corrected chi connectivity index (χ2v) is 6.74. The van der Waals surface area contributed by atoms with Gasteiger partial charge in [0.15, 0.2) is 0 Å². The van der Waals surface area contributed by atoms with E-state index in [-0.39, 0.29) is 0 Å². The van der Waals surface area contributed by atoms with Crippen LogP contribution in [0.5, 0.6) is 0 Å². The van der Waals surface area contributed by atoms with Crippen molar-refractivity contribution in [2.75, 3.05) is 0 Å². The molecule has 1 aliphatic heterocycles. The maximum Gasteiger partial charge on any atom is 0.237 e. The minimum Gasteiger partial charge on any atom is -0.426 e. The summed E-state index contributed by atoms with van der Waals surface area (Å²) >= 11 is 0. The number of benzene rings is 3. The lowest BCUT2D eigenvalue weighted by Crippen LogP contribution is -2.38. The fraction of sp³-hybridized carbons (Fsp3) is 0. The third-order valence-corrected chi connectivity index (χ3v) is 6.05. The highest BCUT2D eigenvalue weighted by Gasteiger charge is 2.29. The molecule has 86 valence electrons. The van der Waals surface area contributed by atoms with Gasteiger partial charge in [-0.15, -0.1) is 0 Å². The standard InChI is InChI=1S/C16H12OSi/c17-18-15-8-4-3-7-13(15)14-10-9-11-5-1-2-6-12(11)16(14)18/h1-10,17-18H. The second-order valence-electron chi connectivity index (χ2n) is 4.74. The zero-order valence-corrected chi connectivity index (χ0v) is 11.0. The maximum atomic E-state index is 10.7. The summed E-state index contributed by atoms with van der Waals surface area (Å²) in [4.78, 5) is 10.7. The van der Waals surface area contributed by atoms with Crippen molar-refractivity contribution in [2.24, 2.45) is 0 Å². The average Bonchev–Trinajstić information content (AvgIpc) is 2.73. The van der Waals surface area contributed by atoms with Gasteiger partial charge in [0, 0.05) is 0 Å². The SMILES string of the molecule is O[SiH]1c2ccccc2-c2ccc3ccccc3c21. The number of fused-ring (bicyclic) bond motifs is 5. The third kappa shape index (κ3) is 1.19. The molecule has 2 heteroatoms. The number of hydrogen-bond donors (Lipinski definition) is 1. The first-order valence-electron chi connectivity index (χ1n) is 6.15. The fourth-order valence-corrected chi connectivity index (χ4v) is 5.22. The highest BCUT2D eigenvalue weighted by molar-refractivity contribution is 6.85. The quantitative estimate of drug-likeness (QED) is 0.600. The first-order chi connectivity index (χ1) is 8.86. The van der Waals surface area contributed by atoms with E-state index in [0.717, 1.165) is 5.19 Å². The van der Waals surface area contributed by atoms with Crippen LogP contribution in [0, 0.1) is 0 Å². The van der Waals surface area contributed by atoms with Crippen LogP contribution >= 0.6 is 0 Å². The Bertz CT molecular complexity index is 764. The minimum atomic E-state index is -1.99. The van der Waals surface area contributed by atoms with Crippen molar-refractivity contribution >= 4 is 30.2 Å². The van der Waals surface area contributed by atoms with Crippen molar-refractivity contribution < 1.29 is 4.80 Å². The van der Waals surface area contributed by atoms with Gasteiger partial charge >= 0.3 is 0 Å². The molecule has 0 aromatic heterocycles. The molecule has 0 spiro atoms. The van der Waals surface area contributed by atoms with Crippen LogP contribution in [0.3, 0.4) is 0 Å². The van der Waals surface area contributed by atoms with Gasteiger partial charge in [-0.2, -0.15) is 0 Å². The molecular formula is C16H12OSi. The highest BCUT2D eigenvalue weighted by atomic mass is 28.3. The van der Waals surface area contributed by atoms with Gasteiger partial charge in [-0.25, -0.2) is 0 Å². The average molecular weight is 248 g/mol. The smallest absolute Gasteiger partial charge is 0.237 e. The van der Waals surface area contributed by atoms with Gasteiger partial charge in [0.2, 0.25) is 9.04 Å². The van der Waals surface area contributed by atoms with Crippen molar-refractivity contribution in [1.82, 2.24) is 0 Å². The van der Waals surface area contributed by atoms with E-state index < -0.39 is 9.04 Å². The summed E-state index contributed by atoms with van der Waals surface area (Å²) in [6.45, 7) is 0. The molecule has 1 atom stereocenters. The summed E-state index contributed by atoms with van der Waals surface area (Å²) in [6.07, 6.45) is 0. The van der Waals surface area contributed by atoms with Crippen molar-refractivity contribution in [2.45, 2.75) is 0 Å². The lowest BCUT2D eigenvalue weighted by molar-refractivity contribution is 0.601. The Morgan fingerprint density at radius 3 is 2.44 bits per heavy atom. The highest BCUT2D eigenvalue weighted by Crippen LogP contribution is 2.26. The van der Waals surface area contributed by atoms with Gasteiger partial charge in [-0.1, -0.05) is 60.7 Å². The molecular weight excluding hydrogens is 236 g/mol. The molecule has 0 radical (unpaired) electrons. The van der Waals surface area contributed by atoms with Gasteiger partial charge in [0.25, 0.3) is 0 Å². The molecule has 0 bridgehead atoms. The van der Waals surface area contributed by atoms with Crippen LogP contribution in [0.1, 0.15) is 0 Å². The number of rotatable bonds is 0. The van der Waals surface area contributed by atoms with Gasteiger partial charge in [0.05, 0.1) is 0 Å². The molecule has 1 nitrogen and oxygen atoms in total. The zero-order valence-electron chi connectivity index (χ0n) is 9.80. The zero-order chi connectivity index (χ0) is 12.1. The molecule has 3 aromatic carbocycles. The molecule has 0 saturated carbocycles. The van der Waals surface area contributed by atoms with Crippen molar-refractivity contribution in [3.05, 3.63) is 60.7 Å². The Labute approximate surface area is 107 Å². The Hall–Kier alpha value is -1.90. The lowest BCUT2D eigenvalue weighted by atomic mass is 10.0. The Kier molecular flexibility index (Phi) is 1.98. The minimum absolute atomic E-state index is 1.16. The van der Waals surface area contributed by atoms with E-state index in [1.165, 1.54) is 27.1 Å². The Morgan fingerprint density at radius 1 is 0.722 bits per heavy atom. The summed E-state index contributed by atoms with van der Waals surface area (Å²) in [5.41, 5.74) is 2.45. The molecule has 0 aliphatic carbocycles. The maximum absolute atomic E-state index is 10.7. The molecule has 1 unspecified atom stereocenters. The molecule has 1 aliphatic rings. The largest absolute Gasteiger partial charge is 0.426 e. The summed E-state index contributed by atoms with van der Waals surface area (Å²) < 4.78 is 0. The van der Waals surface area contributed by atoms with Gasteiger partial charge in [-0.05, 0) is 32.3 Å². The molecule has 1 N–H and O–H groups in total. The topological polar surface area (TPSA) is 20.2 Å². The second kappa shape index (κ2) is 3.54.